The number of piperidine rings is 1. The molecule has 1 aliphatic rings. The van der Waals surface area contributed by atoms with Crippen LogP contribution in [0.1, 0.15) is 67.1 Å². The van der Waals surface area contributed by atoms with Gasteiger partial charge in [-0.3, -0.25) is 4.90 Å². The number of hydrogen-bond acceptors (Lipinski definition) is 3. The van der Waals surface area contributed by atoms with Crippen LogP contribution in [0, 0.1) is 0 Å². The fourth-order valence-electron chi connectivity index (χ4n) is 3.39. The molecule has 3 nitrogen and oxygen atoms in total. The maximum Gasteiger partial charge on any atom is 0.338 e. The monoisotopic (exact) mass is 353 g/mol. The fourth-order valence-corrected chi connectivity index (χ4v) is 3.39. The summed E-state index contributed by atoms with van der Waals surface area (Å²) in [6.07, 6.45) is 6.62. The van der Waals surface area contributed by atoms with Gasteiger partial charge in [0.1, 0.15) is 6.61 Å². The average Bonchev–Trinajstić information content (AvgIpc) is 2.61. The number of likely N-dealkylation sites (tertiary alicyclic amines) is 1. The molecule has 1 saturated heterocycles. The average molecular weight is 354 g/mol. The largest absolute Gasteiger partial charge is 0.461 e. The van der Waals surface area contributed by atoms with Crippen molar-refractivity contribution in [2.45, 2.75) is 59.3 Å². The molecular formula is C20H32ClNO2. The zero-order valence-corrected chi connectivity index (χ0v) is 16.2. The first-order valence-electron chi connectivity index (χ1n) is 9.23. The normalized spacial score (nSPS) is 15.0. The van der Waals surface area contributed by atoms with Gasteiger partial charge in [0.05, 0.1) is 5.56 Å². The van der Waals surface area contributed by atoms with Crippen LogP contribution in [0.15, 0.2) is 12.1 Å². The van der Waals surface area contributed by atoms with Crippen molar-refractivity contribution in [3.05, 3.63) is 34.4 Å². The van der Waals surface area contributed by atoms with Gasteiger partial charge in [-0.25, -0.2) is 4.79 Å². The molecule has 0 aromatic heterocycles. The standard InChI is InChI=1S/C20H31NO2.ClH/c1-4-16-14-17(5-2)19(18(6-3)15-16)20(22)23-13-12-21-10-8-7-9-11-21;/h14-15H,4-13H2,1-3H3;1H. The zero-order valence-electron chi connectivity index (χ0n) is 15.4. The lowest BCUT2D eigenvalue weighted by Crippen LogP contribution is -2.33. The van der Waals surface area contributed by atoms with Gasteiger partial charge in [-0.05, 0) is 61.9 Å². The van der Waals surface area contributed by atoms with Gasteiger partial charge in [-0.2, -0.15) is 0 Å². The Kier molecular flexibility index (Phi) is 9.38. The number of benzene rings is 1. The van der Waals surface area contributed by atoms with Gasteiger partial charge in [-0.1, -0.05) is 39.3 Å². The van der Waals surface area contributed by atoms with Crippen LogP contribution in [-0.4, -0.2) is 37.1 Å². The van der Waals surface area contributed by atoms with Crippen LogP contribution in [0.2, 0.25) is 0 Å². The third kappa shape index (κ3) is 5.49. The highest BCUT2D eigenvalue weighted by Gasteiger charge is 2.18. The quantitative estimate of drug-likeness (QED) is 0.679. The first-order valence-corrected chi connectivity index (χ1v) is 9.23. The van der Waals surface area contributed by atoms with Crippen LogP contribution in [-0.2, 0) is 24.0 Å². The number of nitrogens with zero attached hydrogens (tertiary/aromatic N) is 1. The summed E-state index contributed by atoms with van der Waals surface area (Å²) in [5, 5.41) is 0. The Morgan fingerprint density at radius 3 is 2.08 bits per heavy atom. The molecule has 0 unspecified atom stereocenters. The number of aryl methyl sites for hydroxylation is 3. The Balaban J connectivity index is 0.00000288. The van der Waals surface area contributed by atoms with E-state index in [4.69, 9.17) is 4.74 Å². The van der Waals surface area contributed by atoms with Crippen molar-refractivity contribution in [1.29, 1.82) is 0 Å². The predicted octanol–water partition coefficient (Wildman–Crippen LogP) is 4.44. The second kappa shape index (κ2) is 10.7. The summed E-state index contributed by atoms with van der Waals surface area (Å²) >= 11 is 0. The molecule has 2 rings (SSSR count). The Bertz CT molecular complexity index is 499. The van der Waals surface area contributed by atoms with E-state index in [0.717, 1.165) is 55.6 Å². The Morgan fingerprint density at radius 2 is 1.58 bits per heavy atom. The van der Waals surface area contributed by atoms with Crippen LogP contribution in [0.5, 0.6) is 0 Å². The first-order chi connectivity index (χ1) is 11.2. The van der Waals surface area contributed by atoms with Crippen LogP contribution < -0.4 is 0 Å². The van der Waals surface area contributed by atoms with Crippen LogP contribution in [0.25, 0.3) is 0 Å². The third-order valence-corrected chi connectivity index (χ3v) is 4.83. The van der Waals surface area contributed by atoms with Gasteiger partial charge in [-0.15, -0.1) is 12.4 Å². The van der Waals surface area contributed by atoms with E-state index in [1.165, 1.54) is 24.8 Å². The van der Waals surface area contributed by atoms with Crippen molar-refractivity contribution < 1.29 is 9.53 Å². The molecule has 0 saturated carbocycles. The lowest BCUT2D eigenvalue weighted by molar-refractivity contribution is 0.0449. The fraction of sp³-hybridized carbons (Fsp3) is 0.650. The van der Waals surface area contributed by atoms with E-state index in [-0.39, 0.29) is 18.4 Å². The van der Waals surface area contributed by atoms with E-state index in [1.54, 1.807) is 0 Å². The molecule has 0 N–H and O–H groups in total. The second-order valence-corrected chi connectivity index (χ2v) is 6.39. The third-order valence-electron chi connectivity index (χ3n) is 4.83. The molecular weight excluding hydrogens is 322 g/mol. The van der Waals surface area contributed by atoms with E-state index in [2.05, 4.69) is 37.8 Å². The van der Waals surface area contributed by atoms with Crippen molar-refractivity contribution in [3.63, 3.8) is 0 Å². The van der Waals surface area contributed by atoms with Gasteiger partial charge >= 0.3 is 5.97 Å². The molecule has 1 fully saturated rings. The van der Waals surface area contributed by atoms with Crippen molar-refractivity contribution in [3.8, 4) is 0 Å². The van der Waals surface area contributed by atoms with E-state index >= 15 is 0 Å². The maximum absolute atomic E-state index is 12.6. The van der Waals surface area contributed by atoms with Crippen LogP contribution >= 0.6 is 12.4 Å². The summed E-state index contributed by atoms with van der Waals surface area (Å²) < 4.78 is 5.61. The van der Waals surface area contributed by atoms with Crippen LogP contribution in [0.4, 0.5) is 0 Å². The van der Waals surface area contributed by atoms with Crippen molar-refractivity contribution >= 4 is 18.4 Å². The summed E-state index contributed by atoms with van der Waals surface area (Å²) in [4.78, 5) is 15.0. The number of hydrogen-bond donors (Lipinski definition) is 0. The Labute approximate surface area is 153 Å². The van der Waals surface area contributed by atoms with E-state index in [1.807, 2.05) is 0 Å². The maximum atomic E-state index is 12.6. The van der Waals surface area contributed by atoms with Crippen molar-refractivity contribution in [2.75, 3.05) is 26.2 Å². The number of carbonyl (C=O) groups excluding carboxylic acids is 1. The molecule has 0 atom stereocenters. The van der Waals surface area contributed by atoms with Gasteiger partial charge < -0.3 is 4.74 Å². The SMILES string of the molecule is CCc1cc(CC)c(C(=O)OCCN2CCCCC2)c(CC)c1.Cl. The molecule has 0 amide bonds. The minimum atomic E-state index is -0.140. The summed E-state index contributed by atoms with van der Waals surface area (Å²) in [5.74, 6) is -0.140. The summed E-state index contributed by atoms with van der Waals surface area (Å²) in [6, 6.07) is 4.33. The molecule has 0 radical (unpaired) electrons. The number of ether oxygens (including phenoxy) is 1. The highest BCUT2D eigenvalue weighted by atomic mass is 35.5. The molecule has 1 aromatic carbocycles. The minimum Gasteiger partial charge on any atom is -0.461 e. The molecule has 1 aliphatic heterocycles. The molecule has 0 spiro atoms. The molecule has 136 valence electrons. The molecule has 1 heterocycles. The highest BCUT2D eigenvalue weighted by Crippen LogP contribution is 2.21. The highest BCUT2D eigenvalue weighted by molar-refractivity contribution is 5.93. The number of rotatable bonds is 7. The Hall–Kier alpha value is -1.06. The molecule has 4 heteroatoms. The van der Waals surface area contributed by atoms with E-state index < -0.39 is 0 Å². The number of esters is 1. The number of halogens is 1. The lowest BCUT2D eigenvalue weighted by atomic mass is 9.94. The molecule has 0 bridgehead atoms. The Morgan fingerprint density at radius 1 is 1.00 bits per heavy atom. The smallest absolute Gasteiger partial charge is 0.338 e. The summed E-state index contributed by atoms with van der Waals surface area (Å²) in [6.45, 7) is 10.0. The summed E-state index contributed by atoms with van der Waals surface area (Å²) in [5.41, 5.74) is 4.38. The van der Waals surface area contributed by atoms with Crippen LogP contribution in [0.3, 0.4) is 0 Å². The van der Waals surface area contributed by atoms with E-state index in [0.29, 0.717) is 6.61 Å². The van der Waals surface area contributed by atoms with Gasteiger partial charge in [0.15, 0.2) is 0 Å². The lowest BCUT2D eigenvalue weighted by Gasteiger charge is -2.26. The second-order valence-electron chi connectivity index (χ2n) is 6.39. The minimum absolute atomic E-state index is 0. The zero-order chi connectivity index (χ0) is 16.7. The first kappa shape index (κ1) is 21.0. The van der Waals surface area contributed by atoms with Crippen molar-refractivity contribution in [1.82, 2.24) is 4.90 Å². The topological polar surface area (TPSA) is 29.5 Å². The molecule has 24 heavy (non-hydrogen) atoms. The number of carbonyl (C=O) groups is 1. The van der Waals surface area contributed by atoms with Gasteiger partial charge in [0.25, 0.3) is 0 Å². The molecule has 0 aliphatic carbocycles. The predicted molar refractivity (Wildman–Crippen MR) is 102 cm³/mol. The molecule has 1 aromatic rings. The van der Waals surface area contributed by atoms with Gasteiger partial charge in [0.2, 0.25) is 0 Å². The van der Waals surface area contributed by atoms with Crippen molar-refractivity contribution in [2.24, 2.45) is 0 Å². The van der Waals surface area contributed by atoms with E-state index in [9.17, 15) is 4.79 Å². The van der Waals surface area contributed by atoms with Gasteiger partial charge in [0, 0.05) is 6.54 Å². The summed E-state index contributed by atoms with van der Waals surface area (Å²) in [7, 11) is 0.